The molecule has 1 heterocycles. The lowest BCUT2D eigenvalue weighted by atomic mass is 10.2. The highest BCUT2D eigenvalue weighted by Crippen LogP contribution is 2.28. The van der Waals surface area contributed by atoms with Crippen molar-refractivity contribution in [2.45, 2.75) is 13.8 Å². The van der Waals surface area contributed by atoms with Crippen LogP contribution in [0.3, 0.4) is 0 Å². The Hall–Kier alpha value is -3.15. The first-order valence-corrected chi connectivity index (χ1v) is 7.84. The number of anilines is 4. The number of rotatable bonds is 5. The summed E-state index contributed by atoms with van der Waals surface area (Å²) in [5.41, 5.74) is 2.97. The predicted molar refractivity (Wildman–Crippen MR) is 97.5 cm³/mol. The van der Waals surface area contributed by atoms with Gasteiger partial charge >= 0.3 is 0 Å². The van der Waals surface area contributed by atoms with Gasteiger partial charge < -0.3 is 15.4 Å². The standard InChI is InChI=1S/C19H19FN4O/c1-12-8-9-17(25-3)16(10-12)23-19-21-13(2)11-18(24-19)22-15-7-5-4-6-14(15)20/h4-11H,1-3H3,(H2,21,22,23,24). The first-order valence-electron chi connectivity index (χ1n) is 7.84. The molecule has 0 radical (unpaired) electrons. The van der Waals surface area contributed by atoms with Gasteiger partial charge in [0.2, 0.25) is 5.95 Å². The largest absolute Gasteiger partial charge is 0.495 e. The van der Waals surface area contributed by atoms with Crippen molar-refractivity contribution >= 4 is 23.1 Å². The highest BCUT2D eigenvalue weighted by atomic mass is 19.1. The molecule has 1 aromatic heterocycles. The molecule has 0 aliphatic rings. The minimum absolute atomic E-state index is 0.339. The SMILES string of the molecule is COc1ccc(C)cc1Nc1nc(C)cc(Nc2ccccc2F)n1. The number of nitrogens with one attached hydrogen (secondary N) is 2. The van der Waals surface area contributed by atoms with Crippen LogP contribution in [0, 0.1) is 19.7 Å². The smallest absolute Gasteiger partial charge is 0.229 e. The zero-order chi connectivity index (χ0) is 17.8. The van der Waals surface area contributed by atoms with Crippen LogP contribution in [0.15, 0.2) is 48.5 Å². The lowest BCUT2D eigenvalue weighted by Gasteiger charge is -2.13. The van der Waals surface area contributed by atoms with Gasteiger partial charge in [-0.3, -0.25) is 0 Å². The average molecular weight is 338 g/mol. The molecule has 128 valence electrons. The van der Waals surface area contributed by atoms with E-state index in [9.17, 15) is 4.39 Å². The molecule has 0 atom stereocenters. The highest BCUT2D eigenvalue weighted by Gasteiger charge is 2.09. The van der Waals surface area contributed by atoms with Crippen LogP contribution in [0.1, 0.15) is 11.3 Å². The van der Waals surface area contributed by atoms with Crippen molar-refractivity contribution in [3.63, 3.8) is 0 Å². The van der Waals surface area contributed by atoms with Crippen molar-refractivity contribution in [3.8, 4) is 5.75 Å². The number of halogens is 1. The van der Waals surface area contributed by atoms with Crippen LogP contribution in [-0.2, 0) is 0 Å². The second kappa shape index (κ2) is 7.17. The van der Waals surface area contributed by atoms with Gasteiger partial charge in [0.25, 0.3) is 0 Å². The van der Waals surface area contributed by atoms with Gasteiger partial charge in [0.1, 0.15) is 17.4 Å². The normalized spacial score (nSPS) is 10.4. The second-order valence-electron chi connectivity index (χ2n) is 5.65. The molecule has 5 nitrogen and oxygen atoms in total. The fourth-order valence-electron chi connectivity index (χ4n) is 2.43. The molecule has 6 heteroatoms. The van der Waals surface area contributed by atoms with Crippen molar-refractivity contribution < 1.29 is 9.13 Å². The third-order valence-electron chi connectivity index (χ3n) is 3.59. The van der Waals surface area contributed by atoms with Crippen molar-refractivity contribution in [3.05, 3.63) is 65.6 Å². The third-order valence-corrected chi connectivity index (χ3v) is 3.59. The number of para-hydroxylation sites is 1. The molecule has 0 fully saturated rings. The topological polar surface area (TPSA) is 59.1 Å². The second-order valence-corrected chi connectivity index (χ2v) is 5.65. The molecule has 3 rings (SSSR count). The van der Waals surface area contributed by atoms with E-state index in [2.05, 4.69) is 20.6 Å². The Bertz CT molecular complexity index is 898. The van der Waals surface area contributed by atoms with Crippen LogP contribution < -0.4 is 15.4 Å². The Labute approximate surface area is 145 Å². The molecule has 0 spiro atoms. The molecule has 0 saturated heterocycles. The number of hydrogen-bond acceptors (Lipinski definition) is 5. The molecule has 0 amide bonds. The summed E-state index contributed by atoms with van der Waals surface area (Å²) < 4.78 is 19.2. The van der Waals surface area contributed by atoms with Gasteiger partial charge in [-0.05, 0) is 43.7 Å². The van der Waals surface area contributed by atoms with E-state index in [0.29, 0.717) is 23.2 Å². The maximum atomic E-state index is 13.8. The van der Waals surface area contributed by atoms with Gasteiger partial charge in [0.15, 0.2) is 0 Å². The molecule has 2 N–H and O–H groups in total. The van der Waals surface area contributed by atoms with Crippen molar-refractivity contribution in [2.75, 3.05) is 17.7 Å². The molecular weight excluding hydrogens is 319 g/mol. The van der Waals surface area contributed by atoms with E-state index in [1.54, 1.807) is 31.4 Å². The van der Waals surface area contributed by atoms with Gasteiger partial charge in [0.05, 0.1) is 18.5 Å². The highest BCUT2D eigenvalue weighted by molar-refractivity contribution is 5.65. The zero-order valence-electron chi connectivity index (χ0n) is 14.3. The van der Waals surface area contributed by atoms with E-state index in [4.69, 9.17) is 4.74 Å². The van der Waals surface area contributed by atoms with Crippen molar-refractivity contribution in [1.29, 1.82) is 0 Å². The fourth-order valence-corrected chi connectivity index (χ4v) is 2.43. The minimum atomic E-state index is -0.339. The Balaban J connectivity index is 1.90. The first-order chi connectivity index (χ1) is 12.0. The summed E-state index contributed by atoms with van der Waals surface area (Å²) in [4.78, 5) is 8.80. The van der Waals surface area contributed by atoms with Crippen LogP contribution in [0.5, 0.6) is 5.75 Å². The number of benzene rings is 2. The molecule has 0 aliphatic carbocycles. The van der Waals surface area contributed by atoms with Gasteiger partial charge in [-0.25, -0.2) is 9.37 Å². The van der Waals surface area contributed by atoms with Crippen LogP contribution in [0.25, 0.3) is 0 Å². The van der Waals surface area contributed by atoms with Crippen LogP contribution >= 0.6 is 0 Å². The minimum Gasteiger partial charge on any atom is -0.495 e. The summed E-state index contributed by atoms with van der Waals surface area (Å²) in [6.45, 7) is 3.85. The molecule has 25 heavy (non-hydrogen) atoms. The summed E-state index contributed by atoms with van der Waals surface area (Å²) in [7, 11) is 1.61. The number of hydrogen-bond donors (Lipinski definition) is 2. The van der Waals surface area contributed by atoms with E-state index in [-0.39, 0.29) is 5.82 Å². The Morgan fingerprint density at radius 2 is 1.72 bits per heavy atom. The summed E-state index contributed by atoms with van der Waals surface area (Å²) in [5.74, 6) is 1.27. The van der Waals surface area contributed by atoms with E-state index in [1.807, 2.05) is 32.0 Å². The van der Waals surface area contributed by atoms with Crippen molar-refractivity contribution in [2.24, 2.45) is 0 Å². The Morgan fingerprint density at radius 3 is 2.48 bits per heavy atom. The van der Waals surface area contributed by atoms with Gasteiger partial charge in [-0.15, -0.1) is 0 Å². The zero-order valence-corrected chi connectivity index (χ0v) is 14.3. The van der Waals surface area contributed by atoms with Gasteiger partial charge in [-0.1, -0.05) is 18.2 Å². The Morgan fingerprint density at radius 1 is 0.920 bits per heavy atom. The molecule has 2 aromatic carbocycles. The number of nitrogens with zero attached hydrogens (tertiary/aromatic N) is 2. The quantitative estimate of drug-likeness (QED) is 0.704. The van der Waals surface area contributed by atoms with Gasteiger partial charge in [-0.2, -0.15) is 4.98 Å². The number of aromatic nitrogens is 2. The van der Waals surface area contributed by atoms with E-state index in [1.165, 1.54) is 6.07 Å². The average Bonchev–Trinajstić information content (AvgIpc) is 2.57. The summed E-state index contributed by atoms with van der Waals surface area (Å²) in [5, 5.41) is 6.15. The number of aryl methyl sites for hydroxylation is 2. The summed E-state index contributed by atoms with van der Waals surface area (Å²) >= 11 is 0. The first kappa shape index (κ1) is 16.7. The molecule has 3 aromatic rings. The van der Waals surface area contributed by atoms with E-state index >= 15 is 0 Å². The summed E-state index contributed by atoms with van der Waals surface area (Å²) in [6, 6.07) is 14.0. The number of ether oxygens (including phenoxy) is 1. The van der Waals surface area contributed by atoms with Crippen LogP contribution in [0.4, 0.5) is 27.5 Å². The van der Waals surface area contributed by atoms with Crippen LogP contribution in [-0.4, -0.2) is 17.1 Å². The molecule has 0 bridgehead atoms. The lowest BCUT2D eigenvalue weighted by Crippen LogP contribution is -2.04. The Kier molecular flexibility index (Phi) is 4.79. The van der Waals surface area contributed by atoms with Gasteiger partial charge in [0, 0.05) is 11.8 Å². The maximum absolute atomic E-state index is 13.8. The van der Waals surface area contributed by atoms with Crippen molar-refractivity contribution in [1.82, 2.24) is 9.97 Å². The van der Waals surface area contributed by atoms with E-state index in [0.717, 1.165) is 16.9 Å². The maximum Gasteiger partial charge on any atom is 0.229 e. The molecular formula is C19H19FN4O. The molecule has 0 unspecified atom stereocenters. The number of methoxy groups -OCH3 is 1. The fraction of sp³-hybridized carbons (Fsp3) is 0.158. The lowest BCUT2D eigenvalue weighted by molar-refractivity contribution is 0.416. The van der Waals surface area contributed by atoms with Crippen LogP contribution in [0.2, 0.25) is 0 Å². The third kappa shape index (κ3) is 4.03. The predicted octanol–water partition coefficient (Wildman–Crippen LogP) is 4.73. The van der Waals surface area contributed by atoms with E-state index < -0.39 is 0 Å². The molecule has 0 saturated carbocycles. The molecule has 0 aliphatic heterocycles. The monoisotopic (exact) mass is 338 g/mol. The summed E-state index contributed by atoms with van der Waals surface area (Å²) in [6.07, 6.45) is 0.